The fraction of sp³-hybridized carbons (Fsp3) is 0.500. The van der Waals surface area contributed by atoms with Crippen LogP contribution in [0.3, 0.4) is 0 Å². The van der Waals surface area contributed by atoms with E-state index in [1.807, 2.05) is 6.07 Å². The second-order valence-electron chi connectivity index (χ2n) is 3.65. The lowest BCUT2D eigenvalue weighted by Gasteiger charge is -2.35. The molecule has 0 spiro atoms. The van der Waals surface area contributed by atoms with Crippen molar-refractivity contribution in [3.8, 4) is 0 Å². The number of nitrogens with zero attached hydrogens (tertiary/aromatic N) is 2. The number of halogens is 2. The van der Waals surface area contributed by atoms with E-state index in [4.69, 9.17) is 11.6 Å². The van der Waals surface area contributed by atoms with Gasteiger partial charge in [0.05, 0.1) is 9.50 Å². The van der Waals surface area contributed by atoms with Crippen LogP contribution in [-0.4, -0.2) is 18.1 Å². The van der Waals surface area contributed by atoms with Crippen LogP contribution in [0.1, 0.15) is 19.3 Å². The molecule has 76 valence electrons. The fourth-order valence-corrected chi connectivity index (χ4v) is 2.53. The van der Waals surface area contributed by atoms with Crippen LogP contribution in [0.2, 0.25) is 5.02 Å². The molecule has 1 aromatic rings. The maximum Gasteiger partial charge on any atom is 0.142 e. The van der Waals surface area contributed by atoms with Gasteiger partial charge in [-0.05, 0) is 41.3 Å². The second kappa shape index (κ2) is 4.07. The smallest absolute Gasteiger partial charge is 0.142 e. The van der Waals surface area contributed by atoms with E-state index in [9.17, 15) is 0 Å². The first-order chi connectivity index (χ1) is 6.68. The number of hydrogen-bond donors (Lipinski definition) is 0. The molecule has 0 atom stereocenters. The van der Waals surface area contributed by atoms with E-state index < -0.39 is 0 Å². The predicted octanol–water partition coefficient (Wildman–Crippen LogP) is 3.49. The summed E-state index contributed by atoms with van der Waals surface area (Å²) in [4.78, 5) is 6.55. The van der Waals surface area contributed by atoms with Crippen molar-refractivity contribution in [2.75, 3.05) is 11.9 Å². The summed E-state index contributed by atoms with van der Waals surface area (Å²) in [7, 11) is 2.09. The molecule has 1 aromatic heterocycles. The molecule has 2 rings (SSSR count). The zero-order chi connectivity index (χ0) is 10.1. The molecular formula is C10H12BrClN2. The highest BCUT2D eigenvalue weighted by Crippen LogP contribution is 2.32. The zero-order valence-corrected chi connectivity index (χ0v) is 10.3. The summed E-state index contributed by atoms with van der Waals surface area (Å²) >= 11 is 9.32. The molecule has 0 bridgehead atoms. The van der Waals surface area contributed by atoms with Gasteiger partial charge in [-0.15, -0.1) is 0 Å². The number of rotatable bonds is 2. The molecule has 0 amide bonds. The van der Waals surface area contributed by atoms with Gasteiger partial charge in [0.15, 0.2) is 0 Å². The van der Waals surface area contributed by atoms with Crippen molar-refractivity contribution in [1.29, 1.82) is 0 Å². The molecule has 1 heterocycles. The van der Waals surface area contributed by atoms with Gasteiger partial charge in [0.2, 0.25) is 0 Å². The van der Waals surface area contributed by atoms with Crippen LogP contribution in [0.5, 0.6) is 0 Å². The second-order valence-corrected chi connectivity index (χ2v) is 4.95. The molecule has 1 fully saturated rings. The Balaban J connectivity index is 2.22. The largest absolute Gasteiger partial charge is 0.356 e. The number of hydrogen-bond acceptors (Lipinski definition) is 2. The summed E-state index contributed by atoms with van der Waals surface area (Å²) < 4.78 is 0.972. The topological polar surface area (TPSA) is 16.1 Å². The Hall–Kier alpha value is -0.280. The normalized spacial score (nSPS) is 16.5. The Morgan fingerprint density at radius 3 is 2.79 bits per heavy atom. The average molecular weight is 276 g/mol. The minimum absolute atomic E-state index is 0.653. The Kier molecular flexibility index (Phi) is 2.98. The minimum Gasteiger partial charge on any atom is -0.356 e. The fourth-order valence-electron chi connectivity index (χ4n) is 1.61. The van der Waals surface area contributed by atoms with Crippen molar-refractivity contribution in [1.82, 2.24) is 4.98 Å². The first kappa shape index (κ1) is 10.2. The minimum atomic E-state index is 0.653. The highest BCUT2D eigenvalue weighted by atomic mass is 79.9. The molecule has 14 heavy (non-hydrogen) atoms. The lowest BCUT2D eigenvalue weighted by molar-refractivity contribution is 0.399. The molecule has 0 N–H and O–H groups in total. The molecular weight excluding hydrogens is 263 g/mol. The van der Waals surface area contributed by atoms with E-state index in [0.717, 1.165) is 10.3 Å². The Morgan fingerprint density at radius 1 is 1.57 bits per heavy atom. The molecule has 0 aliphatic heterocycles. The van der Waals surface area contributed by atoms with Crippen molar-refractivity contribution in [2.45, 2.75) is 25.3 Å². The third kappa shape index (κ3) is 1.89. The lowest BCUT2D eigenvalue weighted by Crippen LogP contribution is -2.37. The summed E-state index contributed by atoms with van der Waals surface area (Å²) in [6.07, 6.45) is 5.57. The molecule has 1 saturated carbocycles. The van der Waals surface area contributed by atoms with Gasteiger partial charge in [-0.3, -0.25) is 0 Å². The molecule has 0 unspecified atom stereocenters. The van der Waals surface area contributed by atoms with Crippen LogP contribution in [0.25, 0.3) is 0 Å². The van der Waals surface area contributed by atoms with Crippen molar-refractivity contribution < 1.29 is 0 Å². The van der Waals surface area contributed by atoms with Gasteiger partial charge in [-0.1, -0.05) is 11.6 Å². The van der Waals surface area contributed by atoms with E-state index in [2.05, 4.69) is 32.9 Å². The van der Waals surface area contributed by atoms with E-state index in [0.29, 0.717) is 11.1 Å². The quantitative estimate of drug-likeness (QED) is 0.821. The summed E-state index contributed by atoms with van der Waals surface area (Å²) in [6, 6.07) is 2.54. The van der Waals surface area contributed by atoms with Crippen molar-refractivity contribution in [2.24, 2.45) is 0 Å². The average Bonchev–Trinajstić information content (AvgIpc) is 2.00. The molecule has 1 aliphatic rings. The standard InChI is InChI=1S/C10H12BrClN2/c1-14(8-3-2-4-8)10-9(11)5-7(12)6-13-10/h5-6,8H,2-4H2,1H3. The number of pyridine rings is 1. The summed E-state index contributed by atoms with van der Waals surface area (Å²) in [5.41, 5.74) is 0. The maximum absolute atomic E-state index is 5.84. The Morgan fingerprint density at radius 2 is 2.29 bits per heavy atom. The molecule has 1 aliphatic carbocycles. The first-order valence-corrected chi connectivity index (χ1v) is 5.89. The predicted molar refractivity (Wildman–Crippen MR) is 63.0 cm³/mol. The van der Waals surface area contributed by atoms with Crippen LogP contribution in [-0.2, 0) is 0 Å². The van der Waals surface area contributed by atoms with Gasteiger partial charge in [0.1, 0.15) is 5.82 Å². The van der Waals surface area contributed by atoms with Gasteiger partial charge in [-0.2, -0.15) is 0 Å². The van der Waals surface area contributed by atoms with Gasteiger partial charge < -0.3 is 4.90 Å². The van der Waals surface area contributed by atoms with Crippen LogP contribution in [0.15, 0.2) is 16.7 Å². The Bertz CT molecular complexity index is 339. The molecule has 4 heteroatoms. The van der Waals surface area contributed by atoms with Gasteiger partial charge in [-0.25, -0.2) is 4.98 Å². The number of aromatic nitrogens is 1. The van der Waals surface area contributed by atoms with Gasteiger partial charge >= 0.3 is 0 Å². The van der Waals surface area contributed by atoms with Gasteiger partial charge in [0.25, 0.3) is 0 Å². The van der Waals surface area contributed by atoms with Crippen LogP contribution < -0.4 is 4.90 Å². The maximum atomic E-state index is 5.84. The summed E-state index contributed by atoms with van der Waals surface area (Å²) in [5, 5.41) is 0.669. The SMILES string of the molecule is CN(c1ncc(Cl)cc1Br)C1CCC1. The summed E-state index contributed by atoms with van der Waals surface area (Å²) in [5.74, 6) is 0.985. The molecule has 0 aromatic carbocycles. The van der Waals surface area contributed by atoms with Crippen LogP contribution in [0, 0.1) is 0 Å². The van der Waals surface area contributed by atoms with Crippen molar-refractivity contribution in [3.05, 3.63) is 21.8 Å². The highest BCUT2D eigenvalue weighted by molar-refractivity contribution is 9.10. The van der Waals surface area contributed by atoms with E-state index in [1.54, 1.807) is 6.20 Å². The van der Waals surface area contributed by atoms with Crippen LogP contribution in [0.4, 0.5) is 5.82 Å². The highest BCUT2D eigenvalue weighted by Gasteiger charge is 2.24. The lowest BCUT2D eigenvalue weighted by atomic mass is 9.92. The molecule has 0 radical (unpaired) electrons. The zero-order valence-electron chi connectivity index (χ0n) is 8.00. The van der Waals surface area contributed by atoms with E-state index >= 15 is 0 Å². The first-order valence-electron chi connectivity index (χ1n) is 4.72. The third-order valence-electron chi connectivity index (χ3n) is 2.74. The molecule has 2 nitrogen and oxygen atoms in total. The van der Waals surface area contributed by atoms with Crippen LogP contribution >= 0.6 is 27.5 Å². The number of anilines is 1. The van der Waals surface area contributed by atoms with E-state index in [-0.39, 0.29) is 0 Å². The van der Waals surface area contributed by atoms with Crippen molar-refractivity contribution >= 4 is 33.3 Å². The third-order valence-corrected chi connectivity index (χ3v) is 3.54. The Labute approximate surface area is 97.4 Å². The summed E-state index contributed by atoms with van der Waals surface area (Å²) in [6.45, 7) is 0. The molecule has 0 saturated heterocycles. The van der Waals surface area contributed by atoms with Crippen molar-refractivity contribution in [3.63, 3.8) is 0 Å². The monoisotopic (exact) mass is 274 g/mol. The van der Waals surface area contributed by atoms with Gasteiger partial charge in [0, 0.05) is 19.3 Å². The van der Waals surface area contributed by atoms with E-state index in [1.165, 1.54) is 19.3 Å².